The van der Waals surface area contributed by atoms with Gasteiger partial charge in [0.05, 0.1) is 4.91 Å². The predicted octanol–water partition coefficient (Wildman–Crippen LogP) is 2.73. The van der Waals surface area contributed by atoms with Crippen molar-refractivity contribution in [3.8, 4) is 0 Å². The van der Waals surface area contributed by atoms with Crippen LogP contribution >= 0.6 is 11.8 Å². The maximum atomic E-state index is 11.8. The molecule has 0 atom stereocenters. The maximum Gasteiger partial charge on any atom is 0.264 e. The molecule has 1 aromatic heterocycles. The lowest BCUT2D eigenvalue weighted by Crippen LogP contribution is -2.19. The molecule has 106 valence electrons. The Balaban J connectivity index is 1.75. The van der Waals surface area contributed by atoms with Crippen molar-refractivity contribution in [1.29, 1.82) is 0 Å². The first kappa shape index (κ1) is 13.7. The highest BCUT2D eigenvalue weighted by molar-refractivity contribution is 8.18. The summed E-state index contributed by atoms with van der Waals surface area (Å²) in [6, 6.07) is 12.3. The molecular formula is C16H15N3OS. The third-order valence-electron chi connectivity index (χ3n) is 3.13. The van der Waals surface area contributed by atoms with Crippen LogP contribution in [0.15, 0.2) is 58.7 Å². The zero-order valence-corrected chi connectivity index (χ0v) is 12.4. The standard InChI is InChI=1S/C16H15N3OS/c1-17-16-18-15(20)14(21-16)9-13-7-8-19(11-13)10-12-5-3-2-4-6-12/h2-9,11H,10H2,1H3,(H,17,18,20)/b14-9-. The molecule has 21 heavy (non-hydrogen) atoms. The van der Waals surface area contributed by atoms with Crippen molar-refractivity contribution in [1.82, 2.24) is 9.88 Å². The van der Waals surface area contributed by atoms with E-state index < -0.39 is 0 Å². The number of hydrogen-bond donors (Lipinski definition) is 1. The summed E-state index contributed by atoms with van der Waals surface area (Å²) in [6.07, 6.45) is 5.94. The summed E-state index contributed by atoms with van der Waals surface area (Å²) in [4.78, 5) is 16.4. The Morgan fingerprint density at radius 1 is 1.29 bits per heavy atom. The van der Waals surface area contributed by atoms with Crippen molar-refractivity contribution in [3.63, 3.8) is 0 Å². The number of carbonyl (C=O) groups is 1. The van der Waals surface area contributed by atoms with Crippen molar-refractivity contribution in [3.05, 3.63) is 64.8 Å². The first-order chi connectivity index (χ1) is 10.2. The van der Waals surface area contributed by atoms with E-state index in [4.69, 9.17) is 0 Å². The molecule has 0 radical (unpaired) electrons. The number of aromatic nitrogens is 1. The first-order valence-corrected chi connectivity index (χ1v) is 7.43. The highest BCUT2D eigenvalue weighted by Gasteiger charge is 2.22. The summed E-state index contributed by atoms with van der Waals surface area (Å²) in [5.74, 6) is -0.0867. The van der Waals surface area contributed by atoms with Crippen LogP contribution in [0.2, 0.25) is 0 Å². The van der Waals surface area contributed by atoms with E-state index in [1.165, 1.54) is 17.3 Å². The summed E-state index contributed by atoms with van der Waals surface area (Å²) < 4.78 is 2.11. The highest BCUT2D eigenvalue weighted by atomic mass is 32.2. The van der Waals surface area contributed by atoms with Crippen LogP contribution in [0.3, 0.4) is 0 Å². The quantitative estimate of drug-likeness (QED) is 0.886. The molecule has 0 aliphatic carbocycles. The van der Waals surface area contributed by atoms with Crippen LogP contribution in [0.25, 0.3) is 6.08 Å². The SMILES string of the molecule is CN=C1NC(=O)/C(=C/c2ccn(Cc3ccccc3)c2)S1. The van der Waals surface area contributed by atoms with Crippen molar-refractivity contribution in [2.75, 3.05) is 7.05 Å². The maximum absolute atomic E-state index is 11.8. The number of amides is 1. The summed E-state index contributed by atoms with van der Waals surface area (Å²) in [5.41, 5.74) is 2.27. The van der Waals surface area contributed by atoms with E-state index in [2.05, 4.69) is 27.0 Å². The zero-order chi connectivity index (χ0) is 14.7. The van der Waals surface area contributed by atoms with Crippen LogP contribution in [0.5, 0.6) is 0 Å². The number of aliphatic imine (C=N–C) groups is 1. The lowest BCUT2D eigenvalue weighted by molar-refractivity contribution is -0.115. The molecule has 0 bridgehead atoms. The fraction of sp³-hybridized carbons (Fsp3) is 0.125. The molecule has 2 aromatic rings. The normalized spacial score (nSPS) is 18.4. The van der Waals surface area contributed by atoms with Gasteiger partial charge in [-0.2, -0.15) is 0 Å². The Hall–Kier alpha value is -2.27. The van der Waals surface area contributed by atoms with Crippen LogP contribution in [-0.4, -0.2) is 22.7 Å². The summed E-state index contributed by atoms with van der Waals surface area (Å²) >= 11 is 1.37. The van der Waals surface area contributed by atoms with E-state index >= 15 is 0 Å². The molecular weight excluding hydrogens is 282 g/mol. The Bertz CT molecular complexity index is 716. The second-order valence-electron chi connectivity index (χ2n) is 4.70. The fourth-order valence-corrected chi connectivity index (χ4v) is 2.90. The van der Waals surface area contributed by atoms with Gasteiger partial charge in [-0.15, -0.1) is 0 Å². The van der Waals surface area contributed by atoms with E-state index in [9.17, 15) is 4.79 Å². The molecule has 1 N–H and O–H groups in total. The minimum atomic E-state index is -0.0867. The number of carbonyl (C=O) groups excluding carboxylic acids is 1. The van der Waals surface area contributed by atoms with Gasteiger partial charge < -0.3 is 9.88 Å². The van der Waals surface area contributed by atoms with Gasteiger partial charge in [0.15, 0.2) is 5.17 Å². The Morgan fingerprint density at radius 2 is 2.10 bits per heavy atom. The van der Waals surface area contributed by atoms with Gasteiger partial charge in [-0.05, 0) is 35.0 Å². The Labute approximate surface area is 127 Å². The minimum Gasteiger partial charge on any atom is -0.349 e. The van der Waals surface area contributed by atoms with E-state index in [0.29, 0.717) is 10.1 Å². The molecule has 3 rings (SSSR count). The van der Waals surface area contributed by atoms with Crippen LogP contribution in [-0.2, 0) is 11.3 Å². The van der Waals surface area contributed by atoms with Crippen molar-refractivity contribution in [2.24, 2.45) is 4.99 Å². The van der Waals surface area contributed by atoms with Gasteiger partial charge in [-0.1, -0.05) is 30.3 Å². The lowest BCUT2D eigenvalue weighted by Gasteiger charge is -2.02. The van der Waals surface area contributed by atoms with Crippen LogP contribution in [0, 0.1) is 0 Å². The van der Waals surface area contributed by atoms with Crippen LogP contribution < -0.4 is 5.32 Å². The molecule has 1 aliphatic rings. The molecule has 0 spiro atoms. The van der Waals surface area contributed by atoms with Crippen LogP contribution in [0.1, 0.15) is 11.1 Å². The average molecular weight is 297 g/mol. The lowest BCUT2D eigenvalue weighted by atomic mass is 10.2. The largest absolute Gasteiger partial charge is 0.349 e. The summed E-state index contributed by atoms with van der Waals surface area (Å²) in [5, 5.41) is 3.37. The second-order valence-corrected chi connectivity index (χ2v) is 5.73. The molecule has 0 saturated carbocycles. The minimum absolute atomic E-state index is 0.0867. The Morgan fingerprint density at radius 3 is 2.81 bits per heavy atom. The van der Waals surface area contributed by atoms with E-state index in [1.807, 2.05) is 42.7 Å². The van der Waals surface area contributed by atoms with E-state index in [0.717, 1.165) is 12.1 Å². The number of benzene rings is 1. The predicted molar refractivity (Wildman–Crippen MR) is 87.0 cm³/mol. The summed E-state index contributed by atoms with van der Waals surface area (Å²) in [7, 11) is 1.67. The van der Waals surface area contributed by atoms with Crippen molar-refractivity contribution < 1.29 is 4.79 Å². The van der Waals surface area contributed by atoms with Gasteiger partial charge in [0.2, 0.25) is 0 Å². The van der Waals surface area contributed by atoms with Gasteiger partial charge >= 0.3 is 0 Å². The number of amidine groups is 1. The number of hydrogen-bond acceptors (Lipinski definition) is 3. The topological polar surface area (TPSA) is 46.4 Å². The van der Waals surface area contributed by atoms with E-state index in [1.54, 1.807) is 7.05 Å². The number of nitrogens with zero attached hydrogens (tertiary/aromatic N) is 2. The third kappa shape index (κ3) is 3.25. The monoisotopic (exact) mass is 297 g/mol. The second kappa shape index (κ2) is 6.01. The zero-order valence-electron chi connectivity index (χ0n) is 11.6. The number of nitrogens with one attached hydrogen (secondary N) is 1. The third-order valence-corrected chi connectivity index (χ3v) is 4.13. The van der Waals surface area contributed by atoms with E-state index in [-0.39, 0.29) is 5.91 Å². The molecule has 1 amide bonds. The number of thioether (sulfide) groups is 1. The van der Waals surface area contributed by atoms with Crippen molar-refractivity contribution in [2.45, 2.75) is 6.54 Å². The van der Waals surface area contributed by atoms with Gasteiger partial charge in [-0.3, -0.25) is 9.79 Å². The molecule has 1 saturated heterocycles. The molecule has 2 heterocycles. The molecule has 0 unspecified atom stereocenters. The average Bonchev–Trinajstić information content (AvgIpc) is 3.08. The van der Waals surface area contributed by atoms with Crippen LogP contribution in [0.4, 0.5) is 0 Å². The Kier molecular flexibility index (Phi) is 3.92. The summed E-state index contributed by atoms with van der Waals surface area (Å²) in [6.45, 7) is 0.824. The molecule has 4 nitrogen and oxygen atoms in total. The number of rotatable bonds is 3. The van der Waals surface area contributed by atoms with Gasteiger partial charge in [0.1, 0.15) is 0 Å². The molecule has 5 heteroatoms. The highest BCUT2D eigenvalue weighted by Crippen LogP contribution is 2.25. The first-order valence-electron chi connectivity index (χ1n) is 6.62. The van der Waals surface area contributed by atoms with Gasteiger partial charge in [-0.25, -0.2) is 0 Å². The van der Waals surface area contributed by atoms with Gasteiger partial charge in [0.25, 0.3) is 5.91 Å². The van der Waals surface area contributed by atoms with Crippen molar-refractivity contribution >= 4 is 28.9 Å². The van der Waals surface area contributed by atoms with Gasteiger partial charge in [0, 0.05) is 26.0 Å². The fourth-order valence-electron chi connectivity index (χ4n) is 2.12. The molecule has 1 aliphatic heterocycles. The smallest absolute Gasteiger partial charge is 0.264 e. The molecule has 1 aromatic carbocycles. The molecule has 1 fully saturated rings.